The van der Waals surface area contributed by atoms with Crippen LogP contribution in [0.3, 0.4) is 0 Å². The van der Waals surface area contributed by atoms with Crippen molar-refractivity contribution in [3.05, 3.63) is 18.0 Å². The van der Waals surface area contributed by atoms with Crippen LogP contribution in [0.25, 0.3) is 0 Å². The Labute approximate surface area is 130 Å². The second kappa shape index (κ2) is 5.35. The summed E-state index contributed by atoms with van der Waals surface area (Å²) in [6, 6.07) is 0.575. The van der Waals surface area contributed by atoms with Gasteiger partial charge in [0.1, 0.15) is 0 Å². The summed E-state index contributed by atoms with van der Waals surface area (Å²) in [5, 5.41) is 7.60. The second-order valence-corrected chi connectivity index (χ2v) is 6.96. The lowest BCUT2D eigenvalue weighted by atomic mass is 9.75. The van der Waals surface area contributed by atoms with Gasteiger partial charge in [-0.2, -0.15) is 5.10 Å². The van der Waals surface area contributed by atoms with Crippen molar-refractivity contribution in [2.75, 3.05) is 26.3 Å². The molecule has 1 aromatic rings. The number of likely N-dealkylation sites (tertiary alicyclic amines) is 1. The minimum absolute atomic E-state index is 0.0733. The number of aryl methyl sites for hydroxylation is 1. The Hall–Kier alpha value is -1.40. The maximum Gasteiger partial charge on any atom is 0.221 e. The summed E-state index contributed by atoms with van der Waals surface area (Å²) >= 11 is 0. The molecule has 120 valence electrons. The monoisotopic (exact) mass is 304 g/mol. The molecule has 1 spiro atoms. The average Bonchev–Trinajstić information content (AvgIpc) is 3.21. The fourth-order valence-electron chi connectivity index (χ4n) is 4.43. The number of nitrogens with zero attached hydrogens (tertiary/aromatic N) is 3. The molecule has 2 unspecified atom stereocenters. The van der Waals surface area contributed by atoms with Crippen LogP contribution >= 0.6 is 0 Å². The van der Waals surface area contributed by atoms with Crippen molar-refractivity contribution in [1.82, 2.24) is 20.0 Å². The van der Waals surface area contributed by atoms with Crippen molar-refractivity contribution in [3.63, 3.8) is 0 Å². The zero-order chi connectivity index (χ0) is 15.2. The van der Waals surface area contributed by atoms with Crippen molar-refractivity contribution in [2.24, 2.45) is 7.05 Å². The number of hydrogen-bond acceptors (Lipinski definition) is 4. The molecule has 0 aromatic carbocycles. The van der Waals surface area contributed by atoms with E-state index in [0.717, 1.165) is 45.6 Å². The van der Waals surface area contributed by atoms with Crippen molar-refractivity contribution in [3.8, 4) is 0 Å². The molecule has 3 aliphatic rings. The Balaban J connectivity index is 1.51. The van der Waals surface area contributed by atoms with E-state index in [-0.39, 0.29) is 17.4 Å². The Bertz CT molecular complexity index is 556. The topological polar surface area (TPSA) is 59.4 Å². The third-order valence-electron chi connectivity index (χ3n) is 5.68. The summed E-state index contributed by atoms with van der Waals surface area (Å²) in [4.78, 5) is 14.6. The highest BCUT2D eigenvalue weighted by molar-refractivity contribution is 5.81. The van der Waals surface area contributed by atoms with Gasteiger partial charge in [-0.05, 0) is 24.8 Å². The lowest BCUT2D eigenvalue weighted by Crippen LogP contribution is -2.55. The van der Waals surface area contributed by atoms with Gasteiger partial charge in [0.25, 0.3) is 0 Å². The number of nitrogens with one attached hydrogen (secondary N) is 1. The van der Waals surface area contributed by atoms with Crippen LogP contribution in [0.4, 0.5) is 0 Å². The summed E-state index contributed by atoms with van der Waals surface area (Å²) in [6.45, 7) is 3.85. The molecule has 0 saturated carbocycles. The summed E-state index contributed by atoms with van der Waals surface area (Å²) < 4.78 is 7.35. The number of piperidine rings is 1. The molecule has 3 saturated heterocycles. The van der Waals surface area contributed by atoms with E-state index in [4.69, 9.17) is 4.74 Å². The van der Waals surface area contributed by atoms with E-state index in [2.05, 4.69) is 21.5 Å². The molecule has 1 amide bonds. The number of carbonyl (C=O) groups is 1. The van der Waals surface area contributed by atoms with E-state index in [1.54, 1.807) is 0 Å². The minimum atomic E-state index is -0.0733. The van der Waals surface area contributed by atoms with E-state index in [9.17, 15) is 4.79 Å². The van der Waals surface area contributed by atoms with E-state index in [1.165, 1.54) is 5.56 Å². The summed E-state index contributed by atoms with van der Waals surface area (Å²) in [6.07, 6.45) is 7.76. The first-order valence-electron chi connectivity index (χ1n) is 8.28. The Morgan fingerprint density at radius 1 is 1.41 bits per heavy atom. The highest BCUT2D eigenvalue weighted by Crippen LogP contribution is 2.43. The van der Waals surface area contributed by atoms with Gasteiger partial charge >= 0.3 is 0 Å². The van der Waals surface area contributed by atoms with Gasteiger partial charge in [-0.1, -0.05) is 0 Å². The van der Waals surface area contributed by atoms with Gasteiger partial charge in [-0.3, -0.25) is 14.4 Å². The third kappa shape index (κ3) is 2.34. The molecule has 22 heavy (non-hydrogen) atoms. The molecule has 2 atom stereocenters. The third-order valence-corrected chi connectivity index (χ3v) is 5.68. The van der Waals surface area contributed by atoms with E-state index in [0.29, 0.717) is 12.5 Å². The van der Waals surface area contributed by atoms with E-state index >= 15 is 0 Å². The number of amides is 1. The van der Waals surface area contributed by atoms with Crippen LogP contribution in [-0.2, 0) is 16.6 Å². The first kappa shape index (κ1) is 14.2. The maximum absolute atomic E-state index is 12.1. The molecule has 0 bridgehead atoms. The van der Waals surface area contributed by atoms with Crippen LogP contribution in [0, 0.1) is 0 Å². The van der Waals surface area contributed by atoms with E-state index in [1.807, 2.05) is 17.9 Å². The molecule has 1 N–H and O–H groups in total. The SMILES string of the molecule is Cn1cc(C2CC(=O)NC23CCN(C2CCOC2)CC3)cn1. The maximum atomic E-state index is 12.1. The molecular weight excluding hydrogens is 280 g/mol. The fourth-order valence-corrected chi connectivity index (χ4v) is 4.43. The molecule has 0 aliphatic carbocycles. The Kier molecular flexibility index (Phi) is 3.46. The lowest BCUT2D eigenvalue weighted by molar-refractivity contribution is -0.120. The highest BCUT2D eigenvalue weighted by atomic mass is 16.5. The van der Waals surface area contributed by atoms with E-state index < -0.39 is 0 Å². The van der Waals surface area contributed by atoms with Crippen LogP contribution in [0.2, 0.25) is 0 Å². The molecule has 1 aromatic heterocycles. The normalized spacial score (nSPS) is 31.8. The number of aromatic nitrogens is 2. The largest absolute Gasteiger partial charge is 0.380 e. The van der Waals surface area contributed by atoms with Crippen molar-refractivity contribution in [1.29, 1.82) is 0 Å². The smallest absolute Gasteiger partial charge is 0.221 e. The fraction of sp³-hybridized carbons (Fsp3) is 0.750. The van der Waals surface area contributed by atoms with Gasteiger partial charge in [-0.15, -0.1) is 0 Å². The van der Waals surface area contributed by atoms with Gasteiger partial charge in [0.05, 0.1) is 12.8 Å². The Morgan fingerprint density at radius 3 is 2.86 bits per heavy atom. The van der Waals surface area contributed by atoms with Crippen molar-refractivity contribution >= 4 is 5.91 Å². The molecular formula is C16H24N4O2. The summed E-state index contributed by atoms with van der Waals surface area (Å²) in [5.74, 6) is 0.446. The highest BCUT2D eigenvalue weighted by Gasteiger charge is 2.49. The molecule has 6 nitrogen and oxygen atoms in total. The number of ether oxygens (including phenoxy) is 1. The van der Waals surface area contributed by atoms with Gasteiger partial charge in [-0.25, -0.2) is 0 Å². The Morgan fingerprint density at radius 2 is 2.23 bits per heavy atom. The second-order valence-electron chi connectivity index (χ2n) is 6.96. The molecule has 6 heteroatoms. The zero-order valence-corrected chi connectivity index (χ0v) is 13.1. The van der Waals surface area contributed by atoms with Crippen LogP contribution in [0.5, 0.6) is 0 Å². The van der Waals surface area contributed by atoms with Crippen LogP contribution in [0.1, 0.15) is 37.2 Å². The van der Waals surface area contributed by atoms with Crippen LogP contribution < -0.4 is 5.32 Å². The van der Waals surface area contributed by atoms with Crippen LogP contribution in [0.15, 0.2) is 12.4 Å². The van der Waals surface area contributed by atoms with Crippen molar-refractivity contribution in [2.45, 2.75) is 43.2 Å². The molecule has 3 fully saturated rings. The first-order chi connectivity index (χ1) is 10.7. The van der Waals surface area contributed by atoms with Crippen molar-refractivity contribution < 1.29 is 9.53 Å². The van der Waals surface area contributed by atoms with Gasteiger partial charge in [0, 0.05) is 56.9 Å². The van der Waals surface area contributed by atoms with Gasteiger partial charge < -0.3 is 10.1 Å². The minimum Gasteiger partial charge on any atom is -0.380 e. The number of carbonyl (C=O) groups excluding carboxylic acids is 1. The summed E-state index contributed by atoms with van der Waals surface area (Å²) in [7, 11) is 1.93. The van der Waals surface area contributed by atoms with Crippen LogP contribution in [-0.4, -0.2) is 58.5 Å². The molecule has 4 rings (SSSR count). The first-order valence-corrected chi connectivity index (χ1v) is 8.28. The quantitative estimate of drug-likeness (QED) is 0.871. The lowest BCUT2D eigenvalue weighted by Gasteiger charge is -2.44. The standard InChI is InChI=1S/C16H24N4O2/c1-19-10-12(9-17-19)14-8-15(21)18-16(14)3-5-20(6-4-16)13-2-7-22-11-13/h9-10,13-14H,2-8,11H2,1H3,(H,18,21). The van der Waals surface area contributed by atoms with Gasteiger partial charge in [0.2, 0.25) is 5.91 Å². The van der Waals surface area contributed by atoms with Gasteiger partial charge in [0.15, 0.2) is 0 Å². The predicted octanol–water partition coefficient (Wildman–Crippen LogP) is 0.647. The zero-order valence-electron chi connectivity index (χ0n) is 13.1. The number of rotatable bonds is 2. The molecule has 3 aliphatic heterocycles. The molecule has 0 radical (unpaired) electrons. The number of hydrogen-bond donors (Lipinski definition) is 1. The summed E-state index contributed by atoms with van der Waals surface area (Å²) in [5.41, 5.74) is 1.12. The average molecular weight is 304 g/mol. The predicted molar refractivity (Wildman–Crippen MR) is 81.5 cm³/mol. The molecule has 4 heterocycles.